The Morgan fingerprint density at radius 1 is 1.30 bits per heavy atom. The fourth-order valence-corrected chi connectivity index (χ4v) is 2.12. The topological polar surface area (TPSA) is 48.9 Å². The van der Waals surface area contributed by atoms with Crippen molar-refractivity contribution in [2.75, 3.05) is 40.3 Å². The molecule has 0 aliphatic heterocycles. The summed E-state index contributed by atoms with van der Waals surface area (Å²) in [4.78, 5) is 6.79. The number of benzene rings is 1. The summed E-state index contributed by atoms with van der Waals surface area (Å²) in [5.74, 6) is 1.75. The zero-order valence-electron chi connectivity index (χ0n) is 15.2. The van der Waals surface area contributed by atoms with E-state index < -0.39 is 0 Å². The van der Waals surface area contributed by atoms with Crippen molar-refractivity contribution in [3.8, 4) is 5.75 Å². The molecule has 1 unspecified atom stereocenters. The molecule has 0 saturated heterocycles. The van der Waals surface area contributed by atoms with Crippen LogP contribution in [0.3, 0.4) is 0 Å². The molecule has 0 aliphatic carbocycles. The summed E-state index contributed by atoms with van der Waals surface area (Å²) in [6.45, 7) is 9.64. The van der Waals surface area contributed by atoms with Gasteiger partial charge in [-0.2, -0.15) is 0 Å². The average molecular weight is 320 g/mol. The number of nitrogens with zero attached hydrogens (tertiary/aromatic N) is 2. The molecule has 0 spiro atoms. The minimum Gasteiger partial charge on any atom is -0.489 e. The van der Waals surface area contributed by atoms with E-state index in [1.54, 1.807) is 0 Å². The predicted octanol–water partition coefficient (Wildman–Crippen LogP) is 2.27. The van der Waals surface area contributed by atoms with Crippen molar-refractivity contribution in [2.45, 2.75) is 33.3 Å². The van der Waals surface area contributed by atoms with E-state index in [9.17, 15) is 0 Å². The molecule has 0 heterocycles. The highest BCUT2D eigenvalue weighted by Gasteiger charge is 2.05. The number of rotatable bonds is 9. The summed E-state index contributed by atoms with van der Waals surface area (Å²) in [5.41, 5.74) is 1.20. The van der Waals surface area contributed by atoms with Gasteiger partial charge in [0.1, 0.15) is 11.9 Å². The predicted molar refractivity (Wildman–Crippen MR) is 98.4 cm³/mol. The molecule has 0 bridgehead atoms. The molecular formula is C18H32N4O. The molecule has 5 heteroatoms. The fourth-order valence-electron chi connectivity index (χ4n) is 2.12. The zero-order chi connectivity index (χ0) is 17.1. The standard InChI is InChI=1S/C18H32N4O/c1-6-19-18(20-11-8-12-22(4)5)21-14-16(3)23-17-10-7-9-15(2)13-17/h7,9-10,13,16H,6,8,11-12,14H2,1-5H3,(H2,19,20,21). The smallest absolute Gasteiger partial charge is 0.191 e. The van der Waals surface area contributed by atoms with Gasteiger partial charge in [-0.3, -0.25) is 0 Å². The van der Waals surface area contributed by atoms with Crippen LogP contribution in [0.4, 0.5) is 0 Å². The van der Waals surface area contributed by atoms with Crippen LogP contribution in [-0.2, 0) is 0 Å². The largest absolute Gasteiger partial charge is 0.489 e. The van der Waals surface area contributed by atoms with Crippen LogP contribution in [0.5, 0.6) is 5.75 Å². The number of nitrogens with one attached hydrogen (secondary N) is 2. The molecule has 0 aliphatic rings. The van der Waals surface area contributed by atoms with Crippen LogP contribution >= 0.6 is 0 Å². The van der Waals surface area contributed by atoms with Crippen molar-refractivity contribution in [3.63, 3.8) is 0 Å². The quantitative estimate of drug-likeness (QED) is 0.416. The van der Waals surface area contributed by atoms with Crippen LogP contribution in [-0.4, -0.2) is 57.2 Å². The van der Waals surface area contributed by atoms with Crippen LogP contribution in [0.25, 0.3) is 0 Å². The Morgan fingerprint density at radius 3 is 2.74 bits per heavy atom. The van der Waals surface area contributed by atoms with Crippen LogP contribution in [0.15, 0.2) is 29.3 Å². The SMILES string of the molecule is CCNC(=NCC(C)Oc1cccc(C)c1)NCCCN(C)C. The van der Waals surface area contributed by atoms with Crippen LogP contribution in [0.1, 0.15) is 25.8 Å². The lowest BCUT2D eigenvalue weighted by Gasteiger charge is -2.16. The third-order valence-corrected chi connectivity index (χ3v) is 3.25. The van der Waals surface area contributed by atoms with Crippen molar-refractivity contribution in [2.24, 2.45) is 4.99 Å². The summed E-state index contributed by atoms with van der Waals surface area (Å²) in [7, 11) is 4.17. The second-order valence-corrected chi connectivity index (χ2v) is 6.05. The first-order valence-electron chi connectivity index (χ1n) is 8.41. The van der Waals surface area contributed by atoms with Gasteiger partial charge in [-0.05, 0) is 65.5 Å². The van der Waals surface area contributed by atoms with Crippen molar-refractivity contribution in [3.05, 3.63) is 29.8 Å². The molecule has 0 saturated carbocycles. The Bertz CT molecular complexity index is 474. The lowest BCUT2D eigenvalue weighted by molar-refractivity contribution is 0.230. The minimum absolute atomic E-state index is 0.0361. The molecule has 0 fully saturated rings. The van der Waals surface area contributed by atoms with Gasteiger partial charge in [-0.15, -0.1) is 0 Å². The molecule has 1 rings (SSSR count). The highest BCUT2D eigenvalue weighted by molar-refractivity contribution is 5.79. The van der Waals surface area contributed by atoms with Gasteiger partial charge in [0.05, 0.1) is 6.54 Å². The van der Waals surface area contributed by atoms with Gasteiger partial charge >= 0.3 is 0 Å². The molecule has 1 atom stereocenters. The number of hydrogen-bond donors (Lipinski definition) is 2. The highest BCUT2D eigenvalue weighted by Crippen LogP contribution is 2.14. The molecule has 1 aromatic carbocycles. The van der Waals surface area contributed by atoms with Crippen LogP contribution in [0, 0.1) is 6.92 Å². The van der Waals surface area contributed by atoms with Crippen LogP contribution < -0.4 is 15.4 Å². The van der Waals surface area contributed by atoms with Crippen molar-refractivity contribution < 1.29 is 4.74 Å². The lowest BCUT2D eigenvalue weighted by atomic mass is 10.2. The third-order valence-electron chi connectivity index (χ3n) is 3.25. The zero-order valence-corrected chi connectivity index (χ0v) is 15.2. The Kier molecular flexibility index (Phi) is 9.14. The maximum absolute atomic E-state index is 5.91. The van der Waals surface area contributed by atoms with E-state index >= 15 is 0 Å². The molecule has 0 amide bonds. The molecule has 130 valence electrons. The maximum Gasteiger partial charge on any atom is 0.191 e. The second kappa shape index (κ2) is 10.9. The van der Waals surface area contributed by atoms with Crippen molar-refractivity contribution >= 4 is 5.96 Å². The summed E-state index contributed by atoms with van der Waals surface area (Å²) in [6.07, 6.45) is 1.13. The van der Waals surface area contributed by atoms with Gasteiger partial charge < -0.3 is 20.3 Å². The third kappa shape index (κ3) is 9.08. The van der Waals surface area contributed by atoms with Gasteiger partial charge in [0.25, 0.3) is 0 Å². The summed E-state index contributed by atoms with van der Waals surface area (Å²) < 4.78 is 5.91. The first-order valence-corrected chi connectivity index (χ1v) is 8.41. The molecule has 0 radical (unpaired) electrons. The van der Waals surface area contributed by atoms with Gasteiger partial charge in [0.15, 0.2) is 5.96 Å². The van der Waals surface area contributed by atoms with Crippen molar-refractivity contribution in [1.82, 2.24) is 15.5 Å². The van der Waals surface area contributed by atoms with E-state index in [2.05, 4.69) is 54.5 Å². The minimum atomic E-state index is 0.0361. The monoisotopic (exact) mass is 320 g/mol. The molecule has 5 nitrogen and oxygen atoms in total. The van der Waals surface area contributed by atoms with Crippen molar-refractivity contribution in [1.29, 1.82) is 0 Å². The van der Waals surface area contributed by atoms with E-state index in [0.717, 1.165) is 37.8 Å². The number of aryl methyl sites for hydroxylation is 1. The van der Waals surface area contributed by atoms with E-state index in [4.69, 9.17) is 4.74 Å². The second-order valence-electron chi connectivity index (χ2n) is 6.05. The normalized spacial score (nSPS) is 13.0. The fraction of sp³-hybridized carbons (Fsp3) is 0.611. The molecule has 0 aromatic heterocycles. The maximum atomic E-state index is 5.91. The van der Waals surface area contributed by atoms with Gasteiger partial charge in [-0.1, -0.05) is 12.1 Å². The van der Waals surface area contributed by atoms with E-state index in [1.165, 1.54) is 5.56 Å². The number of guanidine groups is 1. The van der Waals surface area contributed by atoms with E-state index in [-0.39, 0.29) is 6.10 Å². The Hall–Kier alpha value is -1.75. The molecule has 2 N–H and O–H groups in total. The number of aliphatic imine (C=N–C) groups is 1. The summed E-state index contributed by atoms with van der Waals surface area (Å²) >= 11 is 0. The van der Waals surface area contributed by atoms with E-state index in [0.29, 0.717) is 6.54 Å². The Labute approximate surface area is 141 Å². The number of hydrogen-bond acceptors (Lipinski definition) is 3. The Balaban J connectivity index is 2.42. The average Bonchev–Trinajstić information content (AvgIpc) is 2.48. The first kappa shape index (κ1) is 19.3. The number of ether oxygens (including phenoxy) is 1. The van der Waals surface area contributed by atoms with Gasteiger partial charge in [0.2, 0.25) is 0 Å². The van der Waals surface area contributed by atoms with Crippen LogP contribution in [0.2, 0.25) is 0 Å². The first-order chi connectivity index (χ1) is 11.0. The molecular weight excluding hydrogens is 288 g/mol. The lowest BCUT2D eigenvalue weighted by Crippen LogP contribution is -2.39. The summed E-state index contributed by atoms with van der Waals surface area (Å²) in [6, 6.07) is 8.11. The van der Waals surface area contributed by atoms with Gasteiger partial charge in [-0.25, -0.2) is 4.99 Å². The Morgan fingerprint density at radius 2 is 2.09 bits per heavy atom. The molecule has 1 aromatic rings. The van der Waals surface area contributed by atoms with Gasteiger partial charge in [0, 0.05) is 13.1 Å². The highest BCUT2D eigenvalue weighted by atomic mass is 16.5. The molecule has 23 heavy (non-hydrogen) atoms. The summed E-state index contributed by atoms with van der Waals surface area (Å²) in [5, 5.41) is 6.63. The van der Waals surface area contributed by atoms with E-state index in [1.807, 2.05) is 25.1 Å².